The molecular weight excluding hydrogens is 266 g/mol. The minimum atomic E-state index is -0.735. The van der Waals surface area contributed by atoms with Crippen LogP contribution in [0.4, 0.5) is 14.5 Å². The lowest BCUT2D eigenvalue weighted by atomic mass is 10.2. The first-order valence-corrected chi connectivity index (χ1v) is 6.53. The molecule has 0 spiro atoms. The number of aliphatic hydroxyl groups is 1. The highest BCUT2D eigenvalue weighted by Gasteiger charge is 2.14. The number of nitrogens with zero attached hydrogens (tertiary/aromatic N) is 1. The Morgan fingerprint density at radius 3 is 2.40 bits per heavy atom. The number of carbonyl (C=O) groups excluding carboxylic acids is 1. The van der Waals surface area contributed by atoms with Crippen LogP contribution in [0.15, 0.2) is 18.2 Å². The zero-order chi connectivity index (χ0) is 15.1. The summed E-state index contributed by atoms with van der Waals surface area (Å²) in [6.07, 6.45) is 0.569. The molecule has 2 N–H and O–H groups in total. The smallest absolute Gasteiger partial charge is 0.238 e. The van der Waals surface area contributed by atoms with Crippen molar-refractivity contribution in [2.24, 2.45) is 0 Å². The normalized spacial score (nSPS) is 11.2. The molecule has 1 rings (SSSR count). The zero-order valence-electron chi connectivity index (χ0n) is 11.7. The summed E-state index contributed by atoms with van der Waals surface area (Å²) in [6, 6.07) is 3.01. The van der Waals surface area contributed by atoms with Crippen molar-refractivity contribution in [3.05, 3.63) is 29.8 Å². The highest BCUT2D eigenvalue weighted by molar-refractivity contribution is 5.92. The number of rotatable bonds is 7. The van der Waals surface area contributed by atoms with Gasteiger partial charge in [-0.15, -0.1) is 0 Å². The molecule has 0 bridgehead atoms. The van der Waals surface area contributed by atoms with Crippen LogP contribution in [0, 0.1) is 11.6 Å². The minimum Gasteiger partial charge on any atom is -0.396 e. The monoisotopic (exact) mass is 286 g/mol. The molecule has 0 saturated carbocycles. The zero-order valence-corrected chi connectivity index (χ0v) is 11.7. The predicted octanol–water partition coefficient (Wildman–Crippen LogP) is 2.00. The molecule has 4 nitrogen and oxygen atoms in total. The van der Waals surface area contributed by atoms with Gasteiger partial charge in [0, 0.05) is 30.9 Å². The second kappa shape index (κ2) is 7.91. The Labute approximate surface area is 117 Å². The van der Waals surface area contributed by atoms with Gasteiger partial charge >= 0.3 is 0 Å². The third-order valence-corrected chi connectivity index (χ3v) is 2.83. The molecule has 1 aromatic carbocycles. The quantitative estimate of drug-likeness (QED) is 0.806. The van der Waals surface area contributed by atoms with Crippen LogP contribution in [-0.4, -0.2) is 41.7 Å². The van der Waals surface area contributed by atoms with E-state index in [4.69, 9.17) is 5.11 Å². The average molecular weight is 286 g/mol. The van der Waals surface area contributed by atoms with Crippen LogP contribution in [0.1, 0.15) is 20.3 Å². The van der Waals surface area contributed by atoms with Crippen LogP contribution < -0.4 is 5.32 Å². The summed E-state index contributed by atoms with van der Waals surface area (Å²) >= 11 is 0. The number of aliphatic hydroxyl groups excluding tert-OH is 1. The van der Waals surface area contributed by atoms with E-state index in [0.29, 0.717) is 13.0 Å². The van der Waals surface area contributed by atoms with Gasteiger partial charge in [-0.1, -0.05) is 0 Å². The molecule has 112 valence electrons. The summed E-state index contributed by atoms with van der Waals surface area (Å²) in [4.78, 5) is 13.7. The summed E-state index contributed by atoms with van der Waals surface area (Å²) in [5.74, 6) is -1.82. The van der Waals surface area contributed by atoms with Gasteiger partial charge in [0.25, 0.3) is 0 Å². The summed E-state index contributed by atoms with van der Waals surface area (Å²) in [5.41, 5.74) is 0.0957. The van der Waals surface area contributed by atoms with Crippen LogP contribution >= 0.6 is 0 Å². The van der Waals surface area contributed by atoms with E-state index in [1.807, 2.05) is 18.7 Å². The lowest BCUT2D eigenvalue weighted by molar-refractivity contribution is -0.117. The van der Waals surface area contributed by atoms with E-state index in [1.165, 1.54) is 0 Å². The molecular formula is C14H20F2N2O2. The minimum absolute atomic E-state index is 0.0555. The maximum absolute atomic E-state index is 13.0. The fraction of sp³-hybridized carbons (Fsp3) is 0.500. The number of anilines is 1. The number of nitrogens with one attached hydrogen (secondary N) is 1. The molecule has 0 saturated heterocycles. The topological polar surface area (TPSA) is 52.6 Å². The fourth-order valence-electron chi connectivity index (χ4n) is 1.80. The first kappa shape index (κ1) is 16.5. The Kier molecular flexibility index (Phi) is 6.54. The van der Waals surface area contributed by atoms with Crippen molar-refractivity contribution in [1.82, 2.24) is 4.90 Å². The maximum Gasteiger partial charge on any atom is 0.238 e. The van der Waals surface area contributed by atoms with E-state index in [9.17, 15) is 13.6 Å². The third-order valence-electron chi connectivity index (χ3n) is 2.83. The first-order valence-electron chi connectivity index (χ1n) is 6.53. The molecule has 0 aliphatic carbocycles. The second-order valence-corrected chi connectivity index (χ2v) is 4.85. The van der Waals surface area contributed by atoms with Crippen LogP contribution in [0.5, 0.6) is 0 Å². The second-order valence-electron chi connectivity index (χ2n) is 4.85. The number of halogens is 2. The number of carbonyl (C=O) groups is 1. The molecule has 0 heterocycles. The van der Waals surface area contributed by atoms with Gasteiger partial charge in [-0.3, -0.25) is 9.69 Å². The van der Waals surface area contributed by atoms with Crippen molar-refractivity contribution in [3.63, 3.8) is 0 Å². The average Bonchev–Trinajstić information content (AvgIpc) is 2.32. The first-order chi connectivity index (χ1) is 9.42. The lowest BCUT2D eigenvalue weighted by Gasteiger charge is -2.25. The molecule has 0 unspecified atom stereocenters. The molecule has 0 aromatic heterocycles. The van der Waals surface area contributed by atoms with E-state index >= 15 is 0 Å². The lowest BCUT2D eigenvalue weighted by Crippen LogP contribution is -2.39. The summed E-state index contributed by atoms with van der Waals surface area (Å²) < 4.78 is 26.0. The van der Waals surface area contributed by atoms with Crippen molar-refractivity contribution in [3.8, 4) is 0 Å². The van der Waals surface area contributed by atoms with E-state index < -0.39 is 11.6 Å². The maximum atomic E-state index is 13.0. The van der Waals surface area contributed by atoms with Crippen molar-refractivity contribution >= 4 is 11.6 Å². The number of hydrogen-bond acceptors (Lipinski definition) is 3. The van der Waals surface area contributed by atoms with Crippen molar-refractivity contribution in [2.75, 3.05) is 25.0 Å². The SMILES string of the molecule is CC(C)N(CCCO)CC(=O)Nc1cc(F)cc(F)c1. The molecule has 20 heavy (non-hydrogen) atoms. The van der Waals surface area contributed by atoms with Crippen LogP contribution in [0.25, 0.3) is 0 Å². The van der Waals surface area contributed by atoms with Crippen molar-refractivity contribution in [1.29, 1.82) is 0 Å². The number of hydrogen-bond donors (Lipinski definition) is 2. The Balaban J connectivity index is 2.60. The van der Waals surface area contributed by atoms with Gasteiger partial charge in [0.05, 0.1) is 6.54 Å². The summed E-state index contributed by atoms with van der Waals surface area (Å²) in [6.45, 7) is 4.62. The highest BCUT2D eigenvalue weighted by atomic mass is 19.1. The Morgan fingerprint density at radius 1 is 1.30 bits per heavy atom. The van der Waals surface area contributed by atoms with Gasteiger partial charge in [0.15, 0.2) is 0 Å². The number of benzene rings is 1. The van der Waals surface area contributed by atoms with Gasteiger partial charge < -0.3 is 10.4 Å². The van der Waals surface area contributed by atoms with Crippen molar-refractivity contribution < 1.29 is 18.7 Å². The Bertz CT molecular complexity index is 433. The molecule has 0 aliphatic rings. The molecule has 1 amide bonds. The fourth-order valence-corrected chi connectivity index (χ4v) is 1.80. The highest BCUT2D eigenvalue weighted by Crippen LogP contribution is 2.13. The third kappa shape index (κ3) is 5.63. The van der Waals surface area contributed by atoms with Gasteiger partial charge in [-0.05, 0) is 32.4 Å². The molecule has 1 aromatic rings. The van der Waals surface area contributed by atoms with Gasteiger partial charge in [-0.25, -0.2) is 8.78 Å². The van der Waals surface area contributed by atoms with E-state index in [2.05, 4.69) is 5.32 Å². The molecule has 0 atom stereocenters. The van der Waals surface area contributed by atoms with Gasteiger partial charge in [-0.2, -0.15) is 0 Å². The standard InChI is InChI=1S/C14H20F2N2O2/c1-10(2)18(4-3-5-19)9-14(20)17-13-7-11(15)6-12(16)8-13/h6-8,10,19H,3-5,9H2,1-2H3,(H,17,20). The summed E-state index contributed by atoms with van der Waals surface area (Å²) in [7, 11) is 0. The van der Waals surface area contributed by atoms with E-state index in [0.717, 1.165) is 18.2 Å². The molecule has 0 fully saturated rings. The number of amides is 1. The largest absolute Gasteiger partial charge is 0.396 e. The van der Waals surface area contributed by atoms with E-state index in [1.54, 1.807) is 0 Å². The Morgan fingerprint density at radius 2 is 1.90 bits per heavy atom. The van der Waals surface area contributed by atoms with Crippen LogP contribution in [-0.2, 0) is 4.79 Å². The molecule has 0 radical (unpaired) electrons. The van der Waals surface area contributed by atoms with E-state index in [-0.39, 0.29) is 30.8 Å². The molecule has 6 heteroatoms. The summed E-state index contributed by atoms with van der Waals surface area (Å²) in [5, 5.41) is 11.3. The van der Waals surface area contributed by atoms with Gasteiger partial charge in [0.1, 0.15) is 11.6 Å². The van der Waals surface area contributed by atoms with Gasteiger partial charge in [0.2, 0.25) is 5.91 Å². The molecule has 0 aliphatic heterocycles. The van der Waals surface area contributed by atoms with Crippen LogP contribution in [0.3, 0.4) is 0 Å². The Hall–Kier alpha value is -1.53. The predicted molar refractivity (Wildman–Crippen MR) is 73.4 cm³/mol. The van der Waals surface area contributed by atoms with Crippen LogP contribution in [0.2, 0.25) is 0 Å². The van der Waals surface area contributed by atoms with Crippen molar-refractivity contribution in [2.45, 2.75) is 26.3 Å².